The van der Waals surface area contributed by atoms with Crippen LogP contribution in [0.25, 0.3) is 0 Å². The van der Waals surface area contributed by atoms with Gasteiger partial charge in [0, 0.05) is 0 Å². The van der Waals surface area contributed by atoms with Crippen LogP contribution >= 0.6 is 35.0 Å². The van der Waals surface area contributed by atoms with Gasteiger partial charge < -0.3 is 10.5 Å². The minimum absolute atomic E-state index is 0. The highest BCUT2D eigenvalue weighted by atomic mass is 127. The summed E-state index contributed by atoms with van der Waals surface area (Å²) < 4.78 is 6.77. The van der Waals surface area contributed by atoms with Gasteiger partial charge in [-0.25, -0.2) is 0 Å². The maximum absolute atomic E-state index is 5.92. The molecule has 1 aromatic rings. The largest absolute Gasteiger partial charge is 0.491 e. The van der Waals surface area contributed by atoms with Crippen molar-refractivity contribution in [1.82, 2.24) is 0 Å². The highest BCUT2D eigenvalue weighted by Gasteiger charge is 2.39. The zero-order valence-electron chi connectivity index (χ0n) is 7.70. The van der Waals surface area contributed by atoms with E-state index in [2.05, 4.69) is 22.6 Å². The quantitative estimate of drug-likeness (QED) is 0.867. The first kappa shape index (κ1) is 12.1. The Bertz CT molecular complexity index is 315. The van der Waals surface area contributed by atoms with Crippen molar-refractivity contribution >= 4 is 35.0 Å². The summed E-state index contributed by atoms with van der Waals surface area (Å²) in [5.41, 5.74) is 5.89. The van der Waals surface area contributed by atoms with Gasteiger partial charge in [0.25, 0.3) is 0 Å². The van der Waals surface area contributed by atoms with E-state index in [9.17, 15) is 0 Å². The van der Waals surface area contributed by atoms with Crippen LogP contribution in [0.4, 0.5) is 0 Å². The molecular weight excluding hydrogens is 312 g/mol. The Morgan fingerprint density at radius 2 is 2.00 bits per heavy atom. The number of hydrogen-bond donors (Lipinski definition) is 1. The summed E-state index contributed by atoms with van der Waals surface area (Å²) in [5, 5.41) is 0. The second-order valence-corrected chi connectivity index (χ2v) is 4.74. The van der Waals surface area contributed by atoms with Gasteiger partial charge in [-0.1, -0.05) is 12.1 Å². The highest BCUT2D eigenvalue weighted by molar-refractivity contribution is 14.1. The lowest BCUT2D eigenvalue weighted by Crippen LogP contribution is -2.29. The van der Waals surface area contributed by atoms with Gasteiger partial charge in [0.15, 0.2) is 0 Å². The summed E-state index contributed by atoms with van der Waals surface area (Å²) in [6, 6.07) is 8.00. The van der Waals surface area contributed by atoms with Crippen LogP contribution in [0, 0.1) is 3.57 Å². The van der Waals surface area contributed by atoms with E-state index >= 15 is 0 Å². The van der Waals surface area contributed by atoms with Crippen LogP contribution in [0.15, 0.2) is 24.3 Å². The smallest absolute Gasteiger partial charge is 0.132 e. The molecule has 2 N–H and O–H groups in total. The third-order valence-corrected chi connectivity index (χ3v) is 3.14. The number of rotatable bonds is 3. The molecule has 0 radical (unpaired) electrons. The van der Waals surface area contributed by atoms with E-state index in [1.54, 1.807) is 0 Å². The van der Waals surface area contributed by atoms with Crippen molar-refractivity contribution in [2.45, 2.75) is 18.4 Å². The van der Waals surface area contributed by atoms with Crippen molar-refractivity contribution in [3.8, 4) is 5.75 Å². The second-order valence-electron chi connectivity index (χ2n) is 3.58. The molecule has 0 heterocycles. The molecular formula is C10H13ClINO. The predicted octanol–water partition coefficient (Wildman–Crippen LogP) is 2.58. The molecule has 0 aromatic heterocycles. The van der Waals surface area contributed by atoms with Gasteiger partial charge in [-0.3, -0.25) is 0 Å². The Kier molecular flexibility index (Phi) is 4.04. The molecule has 0 aliphatic heterocycles. The van der Waals surface area contributed by atoms with Crippen LogP contribution in [-0.4, -0.2) is 12.1 Å². The Labute approximate surface area is 104 Å². The van der Waals surface area contributed by atoms with Crippen LogP contribution < -0.4 is 10.5 Å². The number of halogens is 2. The predicted molar refractivity (Wildman–Crippen MR) is 68.1 cm³/mol. The fourth-order valence-corrected chi connectivity index (χ4v) is 1.63. The summed E-state index contributed by atoms with van der Waals surface area (Å²) in [6.45, 7) is 0.646. The fraction of sp³-hybridized carbons (Fsp3) is 0.400. The maximum atomic E-state index is 5.92. The molecule has 78 valence electrons. The Hall–Kier alpha value is -0.000000000000000111. The van der Waals surface area contributed by atoms with Crippen molar-refractivity contribution in [1.29, 1.82) is 0 Å². The van der Waals surface area contributed by atoms with E-state index in [4.69, 9.17) is 10.5 Å². The van der Waals surface area contributed by atoms with Gasteiger partial charge in [-0.15, -0.1) is 12.4 Å². The average Bonchev–Trinajstić information content (AvgIpc) is 2.83. The van der Waals surface area contributed by atoms with E-state index in [-0.39, 0.29) is 17.9 Å². The number of para-hydroxylation sites is 1. The third-order valence-electron chi connectivity index (χ3n) is 2.24. The molecule has 0 spiro atoms. The first-order valence-corrected chi connectivity index (χ1v) is 5.44. The van der Waals surface area contributed by atoms with E-state index < -0.39 is 0 Å². The van der Waals surface area contributed by atoms with Crippen LogP contribution in [-0.2, 0) is 0 Å². The van der Waals surface area contributed by atoms with Crippen LogP contribution in [0.3, 0.4) is 0 Å². The van der Waals surface area contributed by atoms with Gasteiger partial charge in [-0.05, 0) is 47.6 Å². The van der Waals surface area contributed by atoms with Gasteiger partial charge in [0.05, 0.1) is 9.11 Å². The summed E-state index contributed by atoms with van der Waals surface area (Å²) in [5.74, 6) is 0.944. The molecule has 0 saturated heterocycles. The zero-order chi connectivity index (χ0) is 9.31. The van der Waals surface area contributed by atoms with Crippen molar-refractivity contribution in [2.24, 2.45) is 5.73 Å². The van der Waals surface area contributed by atoms with Crippen LogP contribution in [0.2, 0.25) is 0 Å². The maximum Gasteiger partial charge on any atom is 0.132 e. The molecule has 1 aliphatic carbocycles. The van der Waals surface area contributed by atoms with Crippen molar-refractivity contribution in [2.75, 3.05) is 6.61 Å². The topological polar surface area (TPSA) is 35.2 Å². The molecule has 0 unspecified atom stereocenters. The molecule has 14 heavy (non-hydrogen) atoms. The van der Waals surface area contributed by atoms with Gasteiger partial charge >= 0.3 is 0 Å². The standard InChI is InChI=1S/C10H12INO.ClH/c11-8-3-1-2-4-9(8)13-7-10(12)5-6-10;/h1-4H,5-7,12H2;1H. The number of ether oxygens (including phenoxy) is 1. The normalized spacial score (nSPS) is 17.0. The summed E-state index contributed by atoms with van der Waals surface area (Å²) in [7, 11) is 0. The van der Waals surface area contributed by atoms with Crippen molar-refractivity contribution in [3.63, 3.8) is 0 Å². The Morgan fingerprint density at radius 3 is 2.57 bits per heavy atom. The minimum atomic E-state index is -0.0288. The zero-order valence-corrected chi connectivity index (χ0v) is 10.7. The number of nitrogens with two attached hydrogens (primary N) is 1. The van der Waals surface area contributed by atoms with Crippen LogP contribution in [0.1, 0.15) is 12.8 Å². The summed E-state index contributed by atoms with van der Waals surface area (Å²) >= 11 is 2.27. The third kappa shape index (κ3) is 3.00. The lowest BCUT2D eigenvalue weighted by Gasteiger charge is -2.11. The summed E-state index contributed by atoms with van der Waals surface area (Å²) in [4.78, 5) is 0. The van der Waals surface area contributed by atoms with Gasteiger partial charge in [-0.2, -0.15) is 0 Å². The summed E-state index contributed by atoms with van der Waals surface area (Å²) in [6.07, 6.45) is 2.19. The molecule has 2 rings (SSSR count). The van der Waals surface area contributed by atoms with E-state index in [1.807, 2.05) is 24.3 Å². The minimum Gasteiger partial charge on any atom is -0.491 e. The average molecular weight is 326 g/mol. The van der Waals surface area contributed by atoms with Crippen molar-refractivity contribution in [3.05, 3.63) is 27.8 Å². The fourth-order valence-electron chi connectivity index (χ4n) is 1.09. The first-order valence-electron chi connectivity index (χ1n) is 4.36. The lowest BCUT2D eigenvalue weighted by molar-refractivity contribution is 0.277. The van der Waals surface area contributed by atoms with Gasteiger partial charge in [0.1, 0.15) is 12.4 Å². The van der Waals surface area contributed by atoms with E-state index in [0.717, 1.165) is 22.2 Å². The second kappa shape index (κ2) is 4.68. The molecule has 0 amide bonds. The SMILES string of the molecule is Cl.NC1(COc2ccccc2I)CC1. The first-order chi connectivity index (χ1) is 6.20. The Morgan fingerprint density at radius 1 is 1.36 bits per heavy atom. The molecule has 0 bridgehead atoms. The molecule has 1 aliphatic rings. The van der Waals surface area contributed by atoms with E-state index in [0.29, 0.717) is 6.61 Å². The monoisotopic (exact) mass is 325 g/mol. The molecule has 0 atom stereocenters. The number of hydrogen-bond acceptors (Lipinski definition) is 2. The molecule has 1 fully saturated rings. The molecule has 1 saturated carbocycles. The van der Waals surface area contributed by atoms with Gasteiger partial charge in [0.2, 0.25) is 0 Å². The number of benzene rings is 1. The van der Waals surface area contributed by atoms with Crippen LogP contribution in [0.5, 0.6) is 5.75 Å². The van der Waals surface area contributed by atoms with Crippen molar-refractivity contribution < 1.29 is 4.74 Å². The Balaban J connectivity index is 0.000000980. The molecule has 4 heteroatoms. The molecule has 1 aromatic carbocycles. The molecule has 2 nitrogen and oxygen atoms in total. The highest BCUT2D eigenvalue weighted by Crippen LogP contribution is 2.33. The van der Waals surface area contributed by atoms with E-state index in [1.165, 1.54) is 0 Å². The lowest BCUT2D eigenvalue weighted by atomic mass is 10.3.